The van der Waals surface area contributed by atoms with Crippen molar-refractivity contribution in [1.29, 1.82) is 0 Å². The van der Waals surface area contributed by atoms with Crippen molar-refractivity contribution in [1.82, 2.24) is 0 Å². The van der Waals surface area contributed by atoms with Crippen molar-refractivity contribution in [3.05, 3.63) is 28.8 Å². The lowest BCUT2D eigenvalue weighted by molar-refractivity contribution is -0.469. The minimum Gasteiger partial charge on any atom is -0.503 e. The zero-order chi connectivity index (χ0) is 32.0. The number of phenols is 1. The van der Waals surface area contributed by atoms with Crippen molar-refractivity contribution in [3.63, 3.8) is 0 Å². The molecule has 24 heteroatoms. The van der Waals surface area contributed by atoms with E-state index in [1.807, 2.05) is 0 Å². The van der Waals surface area contributed by atoms with Crippen molar-refractivity contribution in [2.24, 2.45) is 0 Å². The average molecular weight is 634 g/mol. The van der Waals surface area contributed by atoms with Crippen LogP contribution < -0.4 is 0 Å². The van der Waals surface area contributed by atoms with Crippen LogP contribution in [0.4, 0.5) is 101 Å². The van der Waals surface area contributed by atoms with Gasteiger partial charge >= 0.3 is 53.6 Å². The highest BCUT2D eigenvalue weighted by Gasteiger charge is 2.96. The van der Waals surface area contributed by atoms with E-state index in [-0.39, 0.29) is 0 Å². The van der Waals surface area contributed by atoms with E-state index < -0.39 is 88.1 Å². The van der Waals surface area contributed by atoms with Gasteiger partial charge in [0.25, 0.3) is 0 Å². The molecule has 1 aromatic carbocycles. The summed E-state index contributed by atoms with van der Waals surface area (Å²) in [4.78, 5) is 0. The molecule has 0 aliphatic rings. The minimum atomic E-state index is -9.30. The summed E-state index contributed by atoms with van der Waals surface area (Å²) in [6.07, 6.45) is -8.08. The van der Waals surface area contributed by atoms with Gasteiger partial charge in [-0.1, -0.05) is 0 Å². The summed E-state index contributed by atoms with van der Waals surface area (Å²) in [5, 5.41) is 8.52. The molecule has 1 rings (SSSR count). The first-order valence-corrected chi connectivity index (χ1v) is 8.32. The molecule has 0 unspecified atom stereocenters. The molecule has 228 valence electrons. The van der Waals surface area contributed by atoms with Gasteiger partial charge in [-0.3, -0.25) is 0 Å². The Morgan fingerprint density at radius 3 is 0.821 bits per heavy atom. The molecule has 0 heterocycles. The average Bonchev–Trinajstić information content (AvgIpc) is 2.74. The summed E-state index contributed by atoms with van der Waals surface area (Å²) in [6.45, 7) is 0. The number of hydrogen-bond donors (Lipinski definition) is 1. The lowest BCUT2D eigenvalue weighted by atomic mass is 9.85. The molecule has 0 saturated heterocycles. The lowest BCUT2D eigenvalue weighted by Crippen LogP contribution is -2.75. The summed E-state index contributed by atoms with van der Waals surface area (Å²) in [5.74, 6) is -89.4. The minimum absolute atomic E-state index is 3.01. The molecular formula is C15HF23O. The first-order valence-electron chi connectivity index (χ1n) is 8.32. The fraction of sp³-hybridized carbons (Fsp3) is 0.600. The molecule has 0 bridgehead atoms. The zero-order valence-electron chi connectivity index (χ0n) is 16.6. The standard InChI is InChI=1S/C15HF23O/c16-2-1(3(17)5(19)6(39)4(2)18)7(20,21)8(22,23)9(24,25)10(26,27)11(28,29)12(30,31)13(32,33)14(34,35)15(36,37)38/h39H. The van der Waals surface area contributed by atoms with Crippen LogP contribution in [-0.4, -0.2) is 52.7 Å². The Morgan fingerprint density at radius 1 is 0.333 bits per heavy atom. The van der Waals surface area contributed by atoms with Gasteiger partial charge in [-0.25, -0.2) is 8.78 Å². The molecule has 0 amide bonds. The molecule has 1 aromatic rings. The van der Waals surface area contributed by atoms with Gasteiger partial charge in [0, 0.05) is 0 Å². The van der Waals surface area contributed by atoms with Gasteiger partial charge in [0.05, 0.1) is 0 Å². The molecule has 1 N–H and O–H groups in total. The summed E-state index contributed by atoms with van der Waals surface area (Å²) in [5.41, 5.74) is -4.43. The second-order valence-electron chi connectivity index (χ2n) is 7.07. The second kappa shape index (κ2) is 8.70. The number of alkyl halides is 19. The molecule has 0 atom stereocenters. The lowest BCUT2D eigenvalue weighted by Gasteiger charge is -2.43. The Balaban J connectivity index is 3.98. The van der Waals surface area contributed by atoms with E-state index in [0.717, 1.165) is 0 Å². The Labute approximate surface area is 195 Å². The van der Waals surface area contributed by atoms with Gasteiger partial charge in [-0.05, 0) is 0 Å². The van der Waals surface area contributed by atoms with Crippen molar-refractivity contribution >= 4 is 0 Å². The van der Waals surface area contributed by atoms with Gasteiger partial charge < -0.3 is 5.11 Å². The quantitative estimate of drug-likeness (QED) is 0.227. The summed E-state index contributed by atoms with van der Waals surface area (Å²) < 4.78 is 305. The third-order valence-corrected chi connectivity index (χ3v) is 4.67. The number of benzene rings is 1. The maximum Gasteiger partial charge on any atom is 0.460 e. The summed E-state index contributed by atoms with van der Waals surface area (Å²) in [6, 6.07) is 0. The van der Waals surface area contributed by atoms with Crippen LogP contribution in [0, 0.1) is 23.3 Å². The van der Waals surface area contributed by atoms with Gasteiger partial charge in [0.15, 0.2) is 17.4 Å². The van der Waals surface area contributed by atoms with Crippen LogP contribution in [0.2, 0.25) is 0 Å². The second-order valence-corrected chi connectivity index (χ2v) is 7.07. The number of hydrogen-bond acceptors (Lipinski definition) is 1. The third-order valence-electron chi connectivity index (χ3n) is 4.67. The predicted molar refractivity (Wildman–Crippen MR) is 72.5 cm³/mol. The Hall–Kier alpha value is -2.59. The molecule has 0 fully saturated rings. The third kappa shape index (κ3) is 4.00. The van der Waals surface area contributed by atoms with Gasteiger partial charge in [0.2, 0.25) is 11.6 Å². The number of halogens is 23. The monoisotopic (exact) mass is 634 g/mol. The molecule has 0 aromatic heterocycles. The molecule has 0 aliphatic carbocycles. The number of aromatic hydroxyl groups is 1. The summed E-state index contributed by atoms with van der Waals surface area (Å²) >= 11 is 0. The van der Waals surface area contributed by atoms with Crippen LogP contribution in [0.15, 0.2) is 0 Å². The number of rotatable bonds is 8. The van der Waals surface area contributed by atoms with Crippen LogP contribution in [0.1, 0.15) is 5.56 Å². The van der Waals surface area contributed by atoms with Crippen molar-refractivity contribution < 1.29 is 106 Å². The highest BCUT2D eigenvalue weighted by atomic mass is 19.4. The van der Waals surface area contributed by atoms with Crippen LogP contribution in [0.25, 0.3) is 0 Å². The summed E-state index contributed by atoms with van der Waals surface area (Å²) in [7, 11) is 0. The molecule has 0 aliphatic heterocycles. The fourth-order valence-corrected chi connectivity index (χ4v) is 2.41. The smallest absolute Gasteiger partial charge is 0.460 e. The maximum atomic E-state index is 13.9. The molecular weight excluding hydrogens is 633 g/mol. The Kier molecular flexibility index (Phi) is 7.68. The Morgan fingerprint density at radius 2 is 0.564 bits per heavy atom. The van der Waals surface area contributed by atoms with Crippen LogP contribution in [0.5, 0.6) is 5.75 Å². The largest absolute Gasteiger partial charge is 0.503 e. The van der Waals surface area contributed by atoms with E-state index in [1.165, 1.54) is 0 Å². The molecule has 39 heavy (non-hydrogen) atoms. The topological polar surface area (TPSA) is 20.2 Å². The molecule has 0 saturated carbocycles. The van der Waals surface area contributed by atoms with E-state index in [2.05, 4.69) is 0 Å². The first-order chi connectivity index (χ1) is 16.7. The van der Waals surface area contributed by atoms with Gasteiger partial charge in [0.1, 0.15) is 5.56 Å². The maximum absolute atomic E-state index is 13.9. The van der Waals surface area contributed by atoms with Crippen molar-refractivity contribution in [3.8, 4) is 5.75 Å². The van der Waals surface area contributed by atoms with Gasteiger partial charge in [-0.2, -0.15) is 92.2 Å². The van der Waals surface area contributed by atoms with E-state index in [1.54, 1.807) is 0 Å². The molecule has 1 nitrogen and oxygen atoms in total. The van der Waals surface area contributed by atoms with Crippen molar-refractivity contribution in [2.75, 3.05) is 0 Å². The fourth-order valence-electron chi connectivity index (χ4n) is 2.41. The SMILES string of the molecule is Oc1c(F)c(F)c(C(F)(F)C(F)(F)C(F)(F)C(F)(F)C(F)(F)C(F)(F)C(F)(F)C(F)(F)C(F)(F)F)c(F)c1F. The molecule has 0 spiro atoms. The van der Waals surface area contributed by atoms with E-state index >= 15 is 0 Å². The zero-order valence-corrected chi connectivity index (χ0v) is 16.6. The Bertz CT molecular complexity index is 1080. The highest BCUT2D eigenvalue weighted by Crippen LogP contribution is 2.66. The molecule has 0 radical (unpaired) electrons. The number of phenolic OH excluding ortho intramolecular Hbond substituents is 1. The van der Waals surface area contributed by atoms with Gasteiger partial charge in [-0.15, -0.1) is 0 Å². The predicted octanol–water partition coefficient (Wildman–Crippen LogP) is 8.05. The van der Waals surface area contributed by atoms with E-state index in [0.29, 0.717) is 0 Å². The normalized spacial score (nSPS) is 15.7. The highest BCUT2D eigenvalue weighted by molar-refractivity contribution is 5.37. The van der Waals surface area contributed by atoms with Crippen molar-refractivity contribution in [2.45, 2.75) is 53.6 Å². The van der Waals surface area contributed by atoms with E-state index in [9.17, 15) is 101 Å². The first kappa shape index (κ1) is 34.4. The van der Waals surface area contributed by atoms with Crippen LogP contribution in [-0.2, 0) is 5.92 Å². The van der Waals surface area contributed by atoms with Crippen LogP contribution >= 0.6 is 0 Å². The van der Waals surface area contributed by atoms with Crippen LogP contribution in [0.3, 0.4) is 0 Å². The van der Waals surface area contributed by atoms with E-state index in [4.69, 9.17) is 5.11 Å².